The molecule has 0 N–H and O–H groups in total. The zero-order valence-electron chi connectivity index (χ0n) is 37.0. The highest BCUT2D eigenvalue weighted by atomic mass is 15.1. The number of hydrogen-bond acceptors (Lipinski definition) is 1. The Morgan fingerprint density at radius 3 is 1.62 bits per heavy atom. The molecule has 9 aromatic carbocycles. The molecule has 0 radical (unpaired) electrons. The molecule has 1 aromatic heterocycles. The Morgan fingerprint density at radius 1 is 0.364 bits per heavy atom. The van der Waals surface area contributed by atoms with E-state index in [0.717, 1.165) is 23.2 Å². The lowest BCUT2D eigenvalue weighted by atomic mass is 9.43. The maximum atomic E-state index is 2.65. The minimum Gasteiger partial charge on any atom is -0.310 e. The number of anilines is 3. The van der Waals surface area contributed by atoms with Crippen molar-refractivity contribution < 1.29 is 0 Å². The predicted molar refractivity (Wildman–Crippen MR) is 275 cm³/mol. The van der Waals surface area contributed by atoms with Gasteiger partial charge in [0.2, 0.25) is 0 Å². The summed E-state index contributed by atoms with van der Waals surface area (Å²) in [5, 5.41) is 2.52. The first-order valence-corrected chi connectivity index (χ1v) is 24.2. The molecule has 15 rings (SSSR count). The van der Waals surface area contributed by atoms with Gasteiger partial charge in [0.25, 0.3) is 0 Å². The van der Waals surface area contributed by atoms with E-state index in [-0.39, 0.29) is 5.41 Å². The largest absolute Gasteiger partial charge is 0.310 e. The van der Waals surface area contributed by atoms with Gasteiger partial charge in [-0.2, -0.15) is 0 Å². The Bertz CT molecular complexity index is 3480. The van der Waals surface area contributed by atoms with Crippen LogP contribution in [0.4, 0.5) is 17.1 Å². The second-order valence-electron chi connectivity index (χ2n) is 19.6. The van der Waals surface area contributed by atoms with Gasteiger partial charge in [0.1, 0.15) is 0 Å². The molecule has 4 saturated carbocycles. The topological polar surface area (TPSA) is 8.17 Å². The molecule has 0 unspecified atom stereocenters. The Morgan fingerprint density at radius 2 is 0.879 bits per heavy atom. The summed E-state index contributed by atoms with van der Waals surface area (Å²) >= 11 is 0. The van der Waals surface area contributed by atoms with Crippen LogP contribution in [0.1, 0.15) is 43.2 Å². The highest BCUT2D eigenvalue weighted by Gasteiger charge is 2.61. The van der Waals surface area contributed by atoms with Crippen molar-refractivity contribution in [3.05, 3.63) is 230 Å². The summed E-state index contributed by atoms with van der Waals surface area (Å²) in [6.07, 6.45) is 6.89. The van der Waals surface area contributed by atoms with Crippen molar-refractivity contribution in [3.63, 3.8) is 0 Å². The van der Waals surface area contributed by atoms with Gasteiger partial charge in [0.05, 0.1) is 16.7 Å². The molecule has 4 bridgehead atoms. The zero-order chi connectivity index (χ0) is 43.3. The van der Waals surface area contributed by atoms with Crippen molar-refractivity contribution in [2.75, 3.05) is 4.90 Å². The van der Waals surface area contributed by atoms with Crippen molar-refractivity contribution in [1.29, 1.82) is 0 Å². The smallest absolute Gasteiger partial charge is 0.0561 e. The Kier molecular flexibility index (Phi) is 8.50. The zero-order valence-corrected chi connectivity index (χ0v) is 37.0. The van der Waals surface area contributed by atoms with Crippen LogP contribution in [0.25, 0.3) is 72.0 Å². The molecule has 4 fully saturated rings. The SMILES string of the molecule is c1ccc(-c2ccccc2-c2ccccc2-c2ccccc2N(c2ccc3c(c2)C2(c4ccccc4-3)C3CC4CC(C3)CC2C4)c2ccc3c4ccccc4n(-c4ccccc4)c3c2)cc1. The minimum absolute atomic E-state index is 0.0536. The van der Waals surface area contributed by atoms with Crippen molar-refractivity contribution in [3.8, 4) is 50.2 Å². The normalized spacial score (nSPS) is 21.1. The van der Waals surface area contributed by atoms with Gasteiger partial charge >= 0.3 is 0 Å². The molecule has 316 valence electrons. The van der Waals surface area contributed by atoms with Crippen molar-refractivity contribution >= 4 is 38.9 Å². The summed E-state index contributed by atoms with van der Waals surface area (Å²) in [7, 11) is 0. The number of hydrogen-bond donors (Lipinski definition) is 0. The van der Waals surface area contributed by atoms with E-state index in [9.17, 15) is 0 Å². The lowest BCUT2D eigenvalue weighted by Gasteiger charge is -2.61. The first-order valence-electron chi connectivity index (χ1n) is 24.2. The van der Waals surface area contributed by atoms with Gasteiger partial charge in [-0.3, -0.25) is 0 Å². The third kappa shape index (κ3) is 5.54. The lowest BCUT2D eigenvalue weighted by Crippen LogP contribution is -2.55. The fourth-order valence-electron chi connectivity index (χ4n) is 14.1. The van der Waals surface area contributed by atoms with Crippen molar-refractivity contribution in [2.24, 2.45) is 23.7 Å². The maximum Gasteiger partial charge on any atom is 0.0561 e. The summed E-state index contributed by atoms with van der Waals surface area (Å²) < 4.78 is 2.46. The van der Waals surface area contributed by atoms with E-state index in [4.69, 9.17) is 0 Å². The van der Waals surface area contributed by atoms with E-state index in [0.29, 0.717) is 11.8 Å². The molecule has 66 heavy (non-hydrogen) atoms. The Hall–Kier alpha value is -7.42. The Balaban J connectivity index is 1.02. The van der Waals surface area contributed by atoms with E-state index < -0.39 is 0 Å². The highest BCUT2D eigenvalue weighted by Crippen LogP contribution is 2.69. The van der Waals surface area contributed by atoms with Crippen LogP contribution in [0, 0.1) is 23.7 Å². The average molecular weight is 847 g/mol. The molecule has 5 aliphatic rings. The van der Waals surface area contributed by atoms with Gasteiger partial charge < -0.3 is 9.47 Å². The van der Waals surface area contributed by atoms with Crippen LogP contribution < -0.4 is 4.90 Å². The first kappa shape index (κ1) is 37.9. The van der Waals surface area contributed by atoms with Gasteiger partial charge in [-0.05, 0) is 154 Å². The summed E-state index contributed by atoms with van der Waals surface area (Å²) in [6.45, 7) is 0. The summed E-state index contributed by atoms with van der Waals surface area (Å²) in [6, 6.07) is 82.0. The fourth-order valence-corrected chi connectivity index (χ4v) is 14.1. The summed E-state index contributed by atoms with van der Waals surface area (Å²) in [5.74, 6) is 3.13. The van der Waals surface area contributed by atoms with E-state index in [1.807, 2.05) is 0 Å². The summed E-state index contributed by atoms with van der Waals surface area (Å²) in [4.78, 5) is 2.59. The third-order valence-corrected chi connectivity index (χ3v) is 16.4. The molecular formula is C64H50N2. The van der Waals surface area contributed by atoms with Gasteiger partial charge in [0.15, 0.2) is 0 Å². The molecule has 2 nitrogen and oxygen atoms in total. The molecular weight excluding hydrogens is 797 g/mol. The number of benzene rings is 9. The van der Waals surface area contributed by atoms with Crippen LogP contribution in [0.3, 0.4) is 0 Å². The number of aromatic nitrogens is 1. The average Bonchev–Trinajstić information content (AvgIpc) is 3.86. The third-order valence-electron chi connectivity index (χ3n) is 16.4. The number of fused-ring (bicyclic) bond motifs is 6. The van der Waals surface area contributed by atoms with E-state index in [1.54, 1.807) is 11.1 Å². The van der Waals surface area contributed by atoms with Gasteiger partial charge in [-0.25, -0.2) is 0 Å². The van der Waals surface area contributed by atoms with Gasteiger partial charge in [-0.1, -0.05) is 170 Å². The first-order chi connectivity index (χ1) is 32.7. The molecule has 1 spiro atoms. The van der Waals surface area contributed by atoms with Crippen LogP contribution in [-0.2, 0) is 5.41 Å². The molecule has 1 heterocycles. The molecule has 10 aromatic rings. The van der Waals surface area contributed by atoms with Crippen molar-refractivity contribution in [2.45, 2.75) is 37.5 Å². The van der Waals surface area contributed by atoms with Crippen LogP contribution in [0.5, 0.6) is 0 Å². The minimum atomic E-state index is 0.0536. The fraction of sp³-hybridized carbons (Fsp3) is 0.156. The quantitative estimate of drug-likeness (QED) is 0.155. The highest BCUT2D eigenvalue weighted by molar-refractivity contribution is 6.11. The van der Waals surface area contributed by atoms with Crippen LogP contribution in [-0.4, -0.2) is 4.57 Å². The standard InChI is InChI=1S/C64H50N2/c1-3-17-44(18-4-1)50-21-7-8-22-51(50)52-23-9-10-24-53(52)56-26-12-15-29-61(56)65(49-32-34-58-57-27-13-16-30-62(57)66(63(58)41-49)47-19-5-2-6-20-47)48-31-33-55-54-25-11-14-28-59(54)64(60(55)40-48)45-36-42-35-43(38-45)39-46(64)37-42/h1-34,40-43,45-46H,35-39H2. The molecule has 0 atom stereocenters. The second kappa shape index (κ2) is 14.8. The number of nitrogens with zero attached hydrogens (tertiary/aromatic N) is 2. The van der Waals surface area contributed by atoms with Crippen LogP contribution >= 0.6 is 0 Å². The van der Waals surface area contributed by atoms with Gasteiger partial charge in [0, 0.05) is 38.8 Å². The van der Waals surface area contributed by atoms with Crippen molar-refractivity contribution in [1.82, 2.24) is 4.57 Å². The van der Waals surface area contributed by atoms with Crippen LogP contribution in [0.15, 0.2) is 218 Å². The van der Waals surface area contributed by atoms with E-state index in [1.165, 1.54) is 110 Å². The monoisotopic (exact) mass is 846 g/mol. The number of rotatable bonds is 7. The van der Waals surface area contributed by atoms with E-state index in [2.05, 4.69) is 228 Å². The number of para-hydroxylation sites is 3. The molecule has 0 aliphatic heterocycles. The Labute approximate surface area is 387 Å². The summed E-state index contributed by atoms with van der Waals surface area (Å²) in [5.41, 5.74) is 20.5. The molecule has 5 aliphatic carbocycles. The lowest BCUT2D eigenvalue weighted by molar-refractivity contribution is -0.0399. The maximum absolute atomic E-state index is 2.65. The molecule has 0 amide bonds. The second-order valence-corrected chi connectivity index (χ2v) is 19.6. The molecule has 2 heteroatoms. The molecule has 0 saturated heterocycles. The van der Waals surface area contributed by atoms with E-state index >= 15 is 0 Å². The van der Waals surface area contributed by atoms with Gasteiger partial charge in [-0.15, -0.1) is 0 Å². The van der Waals surface area contributed by atoms with Crippen LogP contribution in [0.2, 0.25) is 0 Å². The predicted octanol–water partition coefficient (Wildman–Crippen LogP) is 17.0.